The highest BCUT2D eigenvalue weighted by Gasteiger charge is 2.32. The van der Waals surface area contributed by atoms with E-state index in [1.165, 1.54) is 0 Å². The van der Waals surface area contributed by atoms with E-state index in [2.05, 4.69) is 4.90 Å². The Bertz CT molecular complexity index is 662. The lowest BCUT2D eigenvalue weighted by Crippen LogP contribution is -2.33. The van der Waals surface area contributed by atoms with Crippen LogP contribution in [0, 0.1) is 6.92 Å². The summed E-state index contributed by atoms with van der Waals surface area (Å²) in [6, 6.07) is 7.90. The third-order valence-electron chi connectivity index (χ3n) is 4.21. The molecule has 1 aliphatic heterocycles. The van der Waals surface area contributed by atoms with Gasteiger partial charge < -0.3 is 14.7 Å². The van der Waals surface area contributed by atoms with Crippen molar-refractivity contribution in [1.82, 2.24) is 4.98 Å². The number of methoxy groups -OCH3 is 1. The number of aliphatic hydroxyl groups is 1. The third kappa shape index (κ3) is 2.59. The van der Waals surface area contributed by atoms with Crippen LogP contribution in [0.1, 0.15) is 12.0 Å². The Morgan fingerprint density at radius 2 is 2.19 bits per heavy atom. The fourth-order valence-corrected chi connectivity index (χ4v) is 3.18. The summed E-state index contributed by atoms with van der Waals surface area (Å²) in [6.45, 7) is 2.88. The van der Waals surface area contributed by atoms with Gasteiger partial charge in [0.1, 0.15) is 5.82 Å². The monoisotopic (exact) mass is 306 g/mol. The molecule has 112 valence electrons. The first kappa shape index (κ1) is 14.6. The van der Waals surface area contributed by atoms with E-state index in [0.717, 1.165) is 35.2 Å². The number of aliphatic hydroxyl groups excluding tert-OH is 1. The van der Waals surface area contributed by atoms with Gasteiger partial charge in [-0.25, -0.2) is 4.98 Å². The molecule has 1 fully saturated rings. The van der Waals surface area contributed by atoms with Gasteiger partial charge in [-0.15, -0.1) is 0 Å². The van der Waals surface area contributed by atoms with E-state index >= 15 is 0 Å². The zero-order valence-corrected chi connectivity index (χ0v) is 13.0. The molecule has 21 heavy (non-hydrogen) atoms. The van der Waals surface area contributed by atoms with E-state index in [0.29, 0.717) is 5.02 Å². The van der Waals surface area contributed by atoms with Gasteiger partial charge in [0.2, 0.25) is 0 Å². The first-order valence-electron chi connectivity index (χ1n) is 7.10. The molecule has 1 aromatic carbocycles. The van der Waals surface area contributed by atoms with Crippen molar-refractivity contribution in [2.45, 2.75) is 25.5 Å². The molecule has 0 amide bonds. The summed E-state index contributed by atoms with van der Waals surface area (Å²) >= 11 is 6.23. The minimum Gasteiger partial charge on any atom is -0.394 e. The fourth-order valence-electron chi connectivity index (χ4n) is 2.97. The Kier molecular flexibility index (Phi) is 4.02. The van der Waals surface area contributed by atoms with Crippen LogP contribution in [0.15, 0.2) is 24.3 Å². The van der Waals surface area contributed by atoms with Crippen molar-refractivity contribution in [3.63, 3.8) is 0 Å². The number of hydrogen-bond donors (Lipinski definition) is 1. The minimum absolute atomic E-state index is 0.0550. The number of rotatable bonds is 3. The topological polar surface area (TPSA) is 45.6 Å². The zero-order valence-electron chi connectivity index (χ0n) is 12.2. The van der Waals surface area contributed by atoms with Crippen molar-refractivity contribution in [3.8, 4) is 0 Å². The summed E-state index contributed by atoms with van der Waals surface area (Å²) < 4.78 is 5.42. The molecule has 1 aromatic heterocycles. The molecular weight excluding hydrogens is 288 g/mol. The van der Waals surface area contributed by atoms with Gasteiger partial charge in [-0.1, -0.05) is 17.7 Å². The average Bonchev–Trinajstić information content (AvgIpc) is 2.94. The molecule has 1 saturated heterocycles. The first-order valence-corrected chi connectivity index (χ1v) is 7.48. The third-order valence-corrected chi connectivity index (χ3v) is 4.54. The predicted octanol–water partition coefficient (Wildman–Crippen LogP) is 2.78. The molecule has 0 unspecified atom stereocenters. The lowest BCUT2D eigenvalue weighted by atomic mass is 10.1. The highest BCUT2D eigenvalue weighted by molar-refractivity contribution is 6.35. The van der Waals surface area contributed by atoms with Crippen LogP contribution in [0.4, 0.5) is 5.82 Å². The number of benzene rings is 1. The standard InChI is InChI=1S/C16H19ClN2O2/c1-10-3-5-14(17)13-4-6-15(18-16(10)13)19-8-12(21-2)7-11(19)9-20/h3-6,11-12,20H,7-9H2,1-2H3/t11-,12+/m0/s1. The first-order chi connectivity index (χ1) is 10.1. The maximum absolute atomic E-state index is 9.58. The van der Waals surface area contributed by atoms with Crippen LogP contribution < -0.4 is 4.90 Å². The van der Waals surface area contributed by atoms with Crippen molar-refractivity contribution in [2.75, 3.05) is 25.2 Å². The number of anilines is 1. The molecule has 0 radical (unpaired) electrons. The molecule has 0 spiro atoms. The number of nitrogens with zero attached hydrogens (tertiary/aromatic N) is 2. The van der Waals surface area contributed by atoms with Gasteiger partial charge in [0.25, 0.3) is 0 Å². The molecule has 0 saturated carbocycles. The summed E-state index contributed by atoms with van der Waals surface area (Å²) in [7, 11) is 1.71. The fraction of sp³-hybridized carbons (Fsp3) is 0.438. The van der Waals surface area contributed by atoms with E-state index in [-0.39, 0.29) is 18.8 Å². The van der Waals surface area contributed by atoms with Crippen molar-refractivity contribution < 1.29 is 9.84 Å². The Morgan fingerprint density at radius 1 is 1.38 bits per heavy atom. The number of hydrogen-bond acceptors (Lipinski definition) is 4. The van der Waals surface area contributed by atoms with Gasteiger partial charge >= 0.3 is 0 Å². The van der Waals surface area contributed by atoms with Gasteiger partial charge in [0.15, 0.2) is 0 Å². The summed E-state index contributed by atoms with van der Waals surface area (Å²) in [5, 5.41) is 11.3. The average molecular weight is 307 g/mol. The number of pyridine rings is 1. The van der Waals surface area contributed by atoms with Crippen LogP contribution in [0.5, 0.6) is 0 Å². The van der Waals surface area contributed by atoms with Crippen LogP contribution in [-0.2, 0) is 4.74 Å². The second-order valence-corrected chi connectivity index (χ2v) is 5.92. The molecule has 5 heteroatoms. The van der Waals surface area contributed by atoms with Crippen LogP contribution in [-0.4, -0.2) is 42.5 Å². The SMILES string of the molecule is CO[C@@H]1C[C@@H](CO)N(c2ccc3c(Cl)ccc(C)c3n2)C1. The van der Waals surface area contributed by atoms with Crippen LogP contribution in [0.2, 0.25) is 5.02 Å². The molecule has 1 aliphatic rings. The maximum atomic E-state index is 9.58. The second kappa shape index (κ2) is 5.79. The van der Waals surface area contributed by atoms with Gasteiger partial charge in [0, 0.05) is 24.1 Å². The second-order valence-electron chi connectivity index (χ2n) is 5.51. The van der Waals surface area contributed by atoms with Gasteiger partial charge in [-0.05, 0) is 37.1 Å². The van der Waals surface area contributed by atoms with E-state index in [4.69, 9.17) is 21.3 Å². The molecule has 3 rings (SSSR count). The predicted molar refractivity (Wildman–Crippen MR) is 85.1 cm³/mol. The largest absolute Gasteiger partial charge is 0.394 e. The van der Waals surface area contributed by atoms with E-state index in [1.807, 2.05) is 31.2 Å². The molecule has 0 aliphatic carbocycles. The van der Waals surface area contributed by atoms with Gasteiger partial charge in [0.05, 0.1) is 24.3 Å². The highest BCUT2D eigenvalue weighted by atomic mass is 35.5. The van der Waals surface area contributed by atoms with Gasteiger partial charge in [-0.2, -0.15) is 0 Å². The Labute approximate surface area is 129 Å². The highest BCUT2D eigenvalue weighted by Crippen LogP contribution is 2.30. The van der Waals surface area contributed by atoms with Crippen LogP contribution in [0.25, 0.3) is 10.9 Å². The quantitative estimate of drug-likeness (QED) is 0.947. The molecule has 4 nitrogen and oxygen atoms in total. The maximum Gasteiger partial charge on any atom is 0.129 e. The zero-order chi connectivity index (χ0) is 15.0. The number of ether oxygens (including phenoxy) is 1. The molecule has 2 heterocycles. The molecule has 2 atom stereocenters. The Balaban J connectivity index is 2.03. The van der Waals surface area contributed by atoms with Crippen molar-refractivity contribution in [3.05, 3.63) is 34.9 Å². The Hall–Kier alpha value is -1.36. The summed E-state index contributed by atoms with van der Waals surface area (Å²) in [4.78, 5) is 6.88. The van der Waals surface area contributed by atoms with E-state index in [9.17, 15) is 5.11 Å². The van der Waals surface area contributed by atoms with Crippen LogP contribution >= 0.6 is 11.6 Å². The molecule has 2 aromatic rings. The number of halogens is 1. The van der Waals surface area contributed by atoms with Crippen molar-refractivity contribution in [1.29, 1.82) is 0 Å². The number of fused-ring (bicyclic) bond motifs is 1. The smallest absolute Gasteiger partial charge is 0.129 e. The summed E-state index contributed by atoms with van der Waals surface area (Å²) in [5.74, 6) is 0.867. The summed E-state index contributed by atoms with van der Waals surface area (Å²) in [6.07, 6.45) is 0.960. The van der Waals surface area contributed by atoms with Crippen molar-refractivity contribution in [2.24, 2.45) is 0 Å². The molecular formula is C16H19ClN2O2. The summed E-state index contributed by atoms with van der Waals surface area (Å²) in [5.41, 5.74) is 2.01. The minimum atomic E-state index is 0.0550. The molecule has 1 N–H and O–H groups in total. The van der Waals surface area contributed by atoms with E-state index < -0.39 is 0 Å². The van der Waals surface area contributed by atoms with E-state index in [1.54, 1.807) is 7.11 Å². The van der Waals surface area contributed by atoms with Gasteiger partial charge in [-0.3, -0.25) is 0 Å². The van der Waals surface area contributed by atoms with Crippen LogP contribution in [0.3, 0.4) is 0 Å². The Morgan fingerprint density at radius 3 is 2.90 bits per heavy atom. The molecule has 0 bridgehead atoms. The van der Waals surface area contributed by atoms with Crippen molar-refractivity contribution >= 4 is 28.3 Å². The lowest BCUT2D eigenvalue weighted by molar-refractivity contribution is 0.115. The number of aryl methyl sites for hydroxylation is 1. The normalized spacial score (nSPS) is 22.2. The number of aromatic nitrogens is 1. The lowest BCUT2D eigenvalue weighted by Gasteiger charge is -2.24.